The molecule has 0 unspecified atom stereocenters. The van der Waals surface area contributed by atoms with Crippen molar-refractivity contribution in [2.24, 2.45) is 5.73 Å². The van der Waals surface area contributed by atoms with Crippen molar-refractivity contribution >= 4 is 22.5 Å². The second kappa shape index (κ2) is 4.44. The van der Waals surface area contributed by atoms with E-state index in [-0.39, 0.29) is 0 Å². The quantitative estimate of drug-likeness (QED) is 0.740. The number of nitrogens with zero attached hydrogens (tertiary/aromatic N) is 1. The average Bonchev–Trinajstić information content (AvgIpc) is 2.84. The van der Waals surface area contributed by atoms with Crippen LogP contribution in [0, 0.1) is 0 Å². The predicted octanol–water partition coefficient (Wildman–Crippen LogP) is 3.34. The van der Waals surface area contributed by atoms with Gasteiger partial charge in [0.15, 0.2) is 0 Å². The highest BCUT2D eigenvalue weighted by Crippen LogP contribution is 2.27. The lowest BCUT2D eigenvalue weighted by Crippen LogP contribution is -1.97. The second-order valence-electron chi connectivity index (χ2n) is 4.14. The summed E-state index contributed by atoms with van der Waals surface area (Å²) in [5, 5.41) is 1.80. The highest BCUT2D eigenvalue weighted by molar-refractivity contribution is 6.35. The number of benzene rings is 1. The van der Waals surface area contributed by atoms with Gasteiger partial charge in [-0.1, -0.05) is 23.7 Å². The minimum absolute atomic E-state index is 0.510. The minimum Gasteiger partial charge on any atom is -0.352 e. The first-order valence-corrected chi connectivity index (χ1v) is 6.08. The van der Waals surface area contributed by atoms with Gasteiger partial charge in [-0.25, -0.2) is 0 Å². The van der Waals surface area contributed by atoms with Crippen molar-refractivity contribution in [3.8, 4) is 11.4 Å². The number of rotatable bonds is 2. The van der Waals surface area contributed by atoms with Crippen molar-refractivity contribution in [3.63, 3.8) is 0 Å². The minimum atomic E-state index is 0.510. The Morgan fingerprint density at radius 3 is 2.89 bits per heavy atom. The van der Waals surface area contributed by atoms with E-state index in [4.69, 9.17) is 17.3 Å². The van der Waals surface area contributed by atoms with Crippen LogP contribution in [0.5, 0.6) is 0 Å². The molecule has 90 valence electrons. The third-order valence-electron chi connectivity index (χ3n) is 2.94. The molecule has 0 aliphatic rings. The lowest BCUT2D eigenvalue weighted by molar-refractivity contribution is 1.06. The number of nitrogens with two attached hydrogens (primary N) is 1. The van der Waals surface area contributed by atoms with Gasteiger partial charge in [0.05, 0.1) is 21.9 Å². The normalized spacial score (nSPS) is 11.0. The summed E-state index contributed by atoms with van der Waals surface area (Å²) < 4.78 is 0. The first-order valence-electron chi connectivity index (χ1n) is 5.70. The summed E-state index contributed by atoms with van der Waals surface area (Å²) in [5.74, 6) is 0. The van der Waals surface area contributed by atoms with Crippen molar-refractivity contribution in [1.82, 2.24) is 9.97 Å². The maximum Gasteiger partial charge on any atom is 0.0867 e. The maximum atomic E-state index is 6.14. The number of hydrogen-bond donors (Lipinski definition) is 2. The fourth-order valence-corrected chi connectivity index (χ4v) is 2.23. The van der Waals surface area contributed by atoms with Crippen LogP contribution in [0.1, 0.15) is 5.56 Å². The number of para-hydroxylation sites is 1. The molecule has 0 saturated carbocycles. The first-order chi connectivity index (χ1) is 8.78. The molecule has 0 radical (unpaired) electrons. The van der Waals surface area contributed by atoms with Crippen LogP contribution in [0.15, 0.2) is 42.6 Å². The molecule has 0 saturated heterocycles. The summed E-state index contributed by atoms with van der Waals surface area (Å²) in [5.41, 5.74) is 9.47. The van der Waals surface area contributed by atoms with Crippen molar-refractivity contribution in [3.05, 3.63) is 53.2 Å². The molecular weight excluding hydrogens is 246 g/mol. The Hall–Kier alpha value is -1.84. The number of pyridine rings is 1. The number of aromatic nitrogens is 2. The molecule has 3 N–H and O–H groups in total. The van der Waals surface area contributed by atoms with Gasteiger partial charge in [0.25, 0.3) is 0 Å². The summed E-state index contributed by atoms with van der Waals surface area (Å²) in [6.07, 6.45) is 1.77. The van der Waals surface area contributed by atoms with Crippen molar-refractivity contribution < 1.29 is 0 Å². The smallest absolute Gasteiger partial charge is 0.0867 e. The van der Waals surface area contributed by atoms with Crippen molar-refractivity contribution in [2.75, 3.05) is 0 Å². The largest absolute Gasteiger partial charge is 0.352 e. The summed E-state index contributed by atoms with van der Waals surface area (Å²) in [6, 6.07) is 11.8. The molecule has 0 atom stereocenters. The Morgan fingerprint density at radius 2 is 2.11 bits per heavy atom. The van der Waals surface area contributed by atoms with Crippen LogP contribution in [0.4, 0.5) is 0 Å². The topological polar surface area (TPSA) is 54.7 Å². The van der Waals surface area contributed by atoms with Crippen LogP contribution in [-0.4, -0.2) is 9.97 Å². The van der Waals surface area contributed by atoms with Crippen LogP contribution in [0.2, 0.25) is 5.02 Å². The third-order valence-corrected chi connectivity index (χ3v) is 3.26. The number of fused-ring (bicyclic) bond motifs is 1. The van der Waals surface area contributed by atoms with Crippen LogP contribution in [0.3, 0.4) is 0 Å². The molecular formula is C14H12ClN3. The number of hydrogen-bond acceptors (Lipinski definition) is 2. The Morgan fingerprint density at radius 1 is 1.22 bits per heavy atom. The number of H-pyrrole nitrogens is 1. The van der Waals surface area contributed by atoms with Gasteiger partial charge in [0, 0.05) is 18.1 Å². The van der Waals surface area contributed by atoms with E-state index < -0.39 is 0 Å². The van der Waals surface area contributed by atoms with E-state index >= 15 is 0 Å². The Bertz CT molecular complexity index is 703. The van der Waals surface area contributed by atoms with Gasteiger partial charge < -0.3 is 10.7 Å². The molecule has 0 aliphatic carbocycles. The van der Waals surface area contributed by atoms with Gasteiger partial charge in [-0.15, -0.1) is 0 Å². The molecule has 3 nitrogen and oxygen atoms in total. The second-order valence-corrected chi connectivity index (χ2v) is 4.55. The Labute approximate surface area is 110 Å². The zero-order valence-corrected chi connectivity index (χ0v) is 10.4. The fraction of sp³-hybridized carbons (Fsp3) is 0.0714. The van der Waals surface area contributed by atoms with Crippen LogP contribution < -0.4 is 5.73 Å². The molecule has 0 bridgehead atoms. The Kier molecular flexibility index (Phi) is 2.78. The molecule has 1 aromatic carbocycles. The van der Waals surface area contributed by atoms with E-state index in [1.165, 1.54) is 0 Å². The monoisotopic (exact) mass is 257 g/mol. The Balaban J connectivity index is 2.16. The lowest BCUT2D eigenvalue weighted by atomic mass is 10.2. The molecule has 0 spiro atoms. The molecule has 0 amide bonds. The zero-order valence-electron chi connectivity index (χ0n) is 9.65. The van der Waals surface area contributed by atoms with Gasteiger partial charge in [0.1, 0.15) is 0 Å². The summed E-state index contributed by atoms with van der Waals surface area (Å²) in [6.45, 7) is 0.510. The van der Waals surface area contributed by atoms with Gasteiger partial charge in [0.2, 0.25) is 0 Å². The third kappa shape index (κ3) is 1.88. The highest BCUT2D eigenvalue weighted by atomic mass is 35.5. The van der Waals surface area contributed by atoms with Crippen molar-refractivity contribution in [2.45, 2.75) is 6.54 Å². The number of aromatic amines is 1. The van der Waals surface area contributed by atoms with Gasteiger partial charge in [-0.3, -0.25) is 4.98 Å². The maximum absolute atomic E-state index is 6.14. The molecule has 4 heteroatoms. The average molecular weight is 258 g/mol. The molecule has 2 heterocycles. The summed E-state index contributed by atoms with van der Waals surface area (Å²) >= 11 is 6.14. The van der Waals surface area contributed by atoms with Gasteiger partial charge in [-0.2, -0.15) is 0 Å². The lowest BCUT2D eigenvalue weighted by Gasteiger charge is -2.00. The van der Waals surface area contributed by atoms with E-state index in [9.17, 15) is 0 Å². The van der Waals surface area contributed by atoms with Crippen molar-refractivity contribution in [1.29, 1.82) is 0 Å². The SMILES string of the molecule is NCc1ccnc(-c2cc3cccc(Cl)c3[nH]2)c1. The number of nitrogens with one attached hydrogen (secondary N) is 1. The molecule has 3 aromatic rings. The van der Waals surface area contributed by atoms with E-state index in [0.717, 1.165) is 27.9 Å². The highest BCUT2D eigenvalue weighted by Gasteiger charge is 2.07. The molecule has 0 fully saturated rings. The molecule has 18 heavy (non-hydrogen) atoms. The number of halogens is 1. The van der Waals surface area contributed by atoms with E-state index in [2.05, 4.69) is 9.97 Å². The van der Waals surface area contributed by atoms with E-state index in [0.29, 0.717) is 11.6 Å². The predicted molar refractivity (Wildman–Crippen MR) is 74.4 cm³/mol. The van der Waals surface area contributed by atoms with Crippen LogP contribution in [-0.2, 0) is 6.54 Å². The van der Waals surface area contributed by atoms with Crippen LogP contribution in [0.25, 0.3) is 22.3 Å². The molecule has 0 aliphatic heterocycles. The molecule has 2 aromatic heterocycles. The summed E-state index contributed by atoms with van der Waals surface area (Å²) in [4.78, 5) is 7.65. The zero-order chi connectivity index (χ0) is 12.5. The standard InChI is InChI=1S/C14H12ClN3/c15-11-3-1-2-10-7-13(18-14(10)11)12-6-9(8-16)4-5-17-12/h1-7,18H,8,16H2. The summed E-state index contributed by atoms with van der Waals surface area (Å²) in [7, 11) is 0. The van der Waals surface area contributed by atoms with E-state index in [1.54, 1.807) is 6.20 Å². The van der Waals surface area contributed by atoms with Gasteiger partial charge in [-0.05, 0) is 29.8 Å². The first kappa shape index (κ1) is 11.3. The van der Waals surface area contributed by atoms with Crippen LogP contribution >= 0.6 is 11.6 Å². The molecule has 3 rings (SSSR count). The fourth-order valence-electron chi connectivity index (χ4n) is 2.01. The van der Waals surface area contributed by atoms with E-state index in [1.807, 2.05) is 36.4 Å². The van der Waals surface area contributed by atoms with Gasteiger partial charge >= 0.3 is 0 Å².